The third kappa shape index (κ3) is 2.78. The molecular weight excluding hydrogens is 239 g/mol. The van der Waals surface area contributed by atoms with Crippen molar-refractivity contribution in [3.63, 3.8) is 0 Å². The molecule has 1 aliphatic carbocycles. The third-order valence-electron chi connectivity index (χ3n) is 2.53. The van der Waals surface area contributed by atoms with Gasteiger partial charge in [0, 0.05) is 16.7 Å². The number of ketones is 1. The van der Waals surface area contributed by atoms with Crippen LogP contribution >= 0.6 is 0 Å². The van der Waals surface area contributed by atoms with Crippen molar-refractivity contribution >= 4 is 11.8 Å². The van der Waals surface area contributed by atoms with Crippen molar-refractivity contribution in [2.45, 2.75) is 26.4 Å². The number of allylic oxidation sites excluding steroid dienone is 2. The van der Waals surface area contributed by atoms with E-state index in [2.05, 4.69) is 5.32 Å². The zero-order valence-corrected chi connectivity index (χ0v) is 9.31. The monoisotopic (exact) mass is 251 g/mol. The zero-order chi connectivity index (χ0) is 13.4. The maximum atomic E-state index is 12.3. The summed E-state index contributed by atoms with van der Waals surface area (Å²) < 4.78 is 36.9. The van der Waals surface area contributed by atoms with E-state index in [9.17, 15) is 22.8 Å². The SMILES string of the molecule is CC1(C)CC(NCC(=O)O)=C1C(=O)C(F)(F)F. The van der Waals surface area contributed by atoms with Gasteiger partial charge in [0.05, 0.1) is 0 Å². The number of halogens is 3. The van der Waals surface area contributed by atoms with Crippen molar-refractivity contribution in [2.24, 2.45) is 5.41 Å². The molecule has 0 heterocycles. The molecule has 1 rings (SSSR count). The molecule has 0 saturated carbocycles. The van der Waals surface area contributed by atoms with Gasteiger partial charge in [0.25, 0.3) is 5.78 Å². The van der Waals surface area contributed by atoms with E-state index in [0.717, 1.165) is 0 Å². The Hall–Kier alpha value is -1.53. The Kier molecular flexibility index (Phi) is 3.22. The second-order valence-corrected chi connectivity index (χ2v) is 4.49. The molecule has 7 heteroatoms. The average Bonchev–Trinajstić information content (AvgIpc) is 2.10. The van der Waals surface area contributed by atoms with Crippen LogP contribution in [0.5, 0.6) is 0 Å². The second kappa shape index (κ2) is 4.05. The normalized spacial score (nSPS) is 18.6. The van der Waals surface area contributed by atoms with E-state index >= 15 is 0 Å². The number of alkyl halides is 3. The molecule has 0 amide bonds. The Bertz CT molecular complexity index is 396. The van der Waals surface area contributed by atoms with Gasteiger partial charge in [-0.15, -0.1) is 0 Å². The van der Waals surface area contributed by atoms with Crippen LogP contribution in [-0.2, 0) is 9.59 Å². The van der Waals surface area contributed by atoms with Crippen LogP contribution in [0.1, 0.15) is 20.3 Å². The number of hydrogen-bond donors (Lipinski definition) is 2. The lowest BCUT2D eigenvalue weighted by Crippen LogP contribution is -2.43. The number of carbonyl (C=O) groups is 2. The number of Topliss-reactive ketones (excluding diaryl/α,β-unsaturated/α-hetero) is 1. The molecule has 0 aliphatic heterocycles. The van der Waals surface area contributed by atoms with Crippen molar-refractivity contribution in [1.29, 1.82) is 0 Å². The molecule has 0 radical (unpaired) electrons. The molecule has 0 atom stereocenters. The van der Waals surface area contributed by atoms with Gasteiger partial charge in [-0.2, -0.15) is 13.2 Å². The maximum absolute atomic E-state index is 12.3. The van der Waals surface area contributed by atoms with Crippen LogP contribution in [0.15, 0.2) is 11.3 Å². The highest BCUT2D eigenvalue weighted by Gasteiger charge is 2.51. The molecule has 96 valence electrons. The van der Waals surface area contributed by atoms with Gasteiger partial charge >= 0.3 is 12.1 Å². The number of nitrogens with one attached hydrogen (secondary N) is 1. The summed E-state index contributed by atoms with van der Waals surface area (Å²) in [6.45, 7) is 2.52. The predicted octanol–water partition coefficient (Wildman–Crippen LogP) is 1.48. The highest BCUT2D eigenvalue weighted by atomic mass is 19.4. The first kappa shape index (κ1) is 13.5. The van der Waals surface area contributed by atoms with E-state index in [1.54, 1.807) is 0 Å². The van der Waals surface area contributed by atoms with Crippen molar-refractivity contribution in [1.82, 2.24) is 5.32 Å². The molecule has 0 aromatic heterocycles. The molecule has 2 N–H and O–H groups in total. The molecule has 4 nitrogen and oxygen atoms in total. The summed E-state index contributed by atoms with van der Waals surface area (Å²) in [4.78, 5) is 21.4. The van der Waals surface area contributed by atoms with E-state index in [-0.39, 0.29) is 17.7 Å². The number of rotatable bonds is 4. The fourth-order valence-corrected chi connectivity index (χ4v) is 1.84. The van der Waals surface area contributed by atoms with Crippen molar-refractivity contribution < 1.29 is 27.9 Å². The Morgan fingerprint density at radius 2 is 1.94 bits per heavy atom. The maximum Gasteiger partial charge on any atom is 0.454 e. The minimum Gasteiger partial charge on any atom is -0.480 e. The lowest BCUT2D eigenvalue weighted by atomic mass is 9.67. The predicted molar refractivity (Wildman–Crippen MR) is 52.1 cm³/mol. The van der Waals surface area contributed by atoms with Crippen LogP contribution in [0.2, 0.25) is 0 Å². The first-order chi connectivity index (χ1) is 7.55. The lowest BCUT2D eigenvalue weighted by Gasteiger charge is -2.40. The number of carboxylic acid groups (broad SMARTS) is 1. The van der Waals surface area contributed by atoms with Crippen LogP contribution < -0.4 is 5.32 Å². The summed E-state index contributed by atoms with van der Waals surface area (Å²) in [5.41, 5.74) is -1.17. The van der Waals surface area contributed by atoms with Gasteiger partial charge in [-0.3, -0.25) is 9.59 Å². The van der Waals surface area contributed by atoms with Crippen LogP contribution in [0.4, 0.5) is 13.2 Å². The quantitative estimate of drug-likeness (QED) is 0.794. The summed E-state index contributed by atoms with van der Waals surface area (Å²) in [6, 6.07) is 0. The molecule has 0 aromatic rings. The van der Waals surface area contributed by atoms with E-state index in [4.69, 9.17) is 5.11 Å². The molecule has 0 aromatic carbocycles. The fraction of sp³-hybridized carbons (Fsp3) is 0.600. The Morgan fingerprint density at radius 1 is 1.41 bits per heavy atom. The van der Waals surface area contributed by atoms with Crippen molar-refractivity contribution in [3.8, 4) is 0 Å². The molecule has 0 spiro atoms. The standard InChI is InChI=1S/C10H12F3NO3/c1-9(2)3-5(14-4-6(15)16)7(9)8(17)10(11,12)13/h14H,3-4H2,1-2H3,(H,15,16). The Labute approximate surface area is 95.5 Å². The summed E-state index contributed by atoms with van der Waals surface area (Å²) in [6.07, 6.45) is -4.69. The minimum atomic E-state index is -4.93. The van der Waals surface area contributed by atoms with E-state index in [1.807, 2.05) is 0 Å². The largest absolute Gasteiger partial charge is 0.480 e. The lowest BCUT2D eigenvalue weighted by molar-refractivity contribution is -0.168. The van der Waals surface area contributed by atoms with Crippen LogP contribution in [-0.4, -0.2) is 29.6 Å². The van der Waals surface area contributed by atoms with Gasteiger partial charge in [0.15, 0.2) is 0 Å². The molecule has 1 aliphatic rings. The molecule has 0 fully saturated rings. The Balaban J connectivity index is 2.93. The summed E-state index contributed by atoms with van der Waals surface area (Å²) in [7, 11) is 0. The summed E-state index contributed by atoms with van der Waals surface area (Å²) in [5, 5.41) is 10.7. The van der Waals surface area contributed by atoms with Gasteiger partial charge < -0.3 is 10.4 Å². The number of carbonyl (C=O) groups excluding carboxylic acids is 1. The van der Waals surface area contributed by atoms with Crippen molar-refractivity contribution in [3.05, 3.63) is 11.3 Å². The van der Waals surface area contributed by atoms with Crippen LogP contribution in [0, 0.1) is 5.41 Å². The van der Waals surface area contributed by atoms with Gasteiger partial charge in [0.2, 0.25) is 0 Å². The van der Waals surface area contributed by atoms with Crippen LogP contribution in [0.3, 0.4) is 0 Å². The van der Waals surface area contributed by atoms with Gasteiger partial charge in [-0.1, -0.05) is 13.8 Å². The van der Waals surface area contributed by atoms with E-state index in [1.165, 1.54) is 13.8 Å². The van der Waals surface area contributed by atoms with E-state index < -0.39 is 29.9 Å². The number of hydrogen-bond acceptors (Lipinski definition) is 3. The summed E-state index contributed by atoms with van der Waals surface area (Å²) >= 11 is 0. The molecular formula is C10H12F3NO3. The topological polar surface area (TPSA) is 66.4 Å². The number of carboxylic acids is 1. The molecule has 0 saturated heterocycles. The minimum absolute atomic E-state index is 0.0692. The van der Waals surface area contributed by atoms with E-state index in [0.29, 0.717) is 0 Å². The van der Waals surface area contributed by atoms with Crippen LogP contribution in [0.25, 0.3) is 0 Å². The first-order valence-electron chi connectivity index (χ1n) is 4.86. The summed E-state index contributed by atoms with van der Waals surface area (Å²) in [5.74, 6) is -3.09. The average molecular weight is 251 g/mol. The smallest absolute Gasteiger partial charge is 0.454 e. The van der Waals surface area contributed by atoms with Gasteiger partial charge in [0.1, 0.15) is 6.54 Å². The van der Waals surface area contributed by atoms with Gasteiger partial charge in [-0.25, -0.2) is 0 Å². The molecule has 0 unspecified atom stereocenters. The highest BCUT2D eigenvalue weighted by Crippen LogP contribution is 2.47. The molecule has 0 bridgehead atoms. The molecule has 17 heavy (non-hydrogen) atoms. The third-order valence-corrected chi connectivity index (χ3v) is 2.53. The van der Waals surface area contributed by atoms with Crippen molar-refractivity contribution in [2.75, 3.05) is 6.54 Å². The van der Waals surface area contributed by atoms with Gasteiger partial charge in [-0.05, 0) is 6.42 Å². The first-order valence-corrected chi connectivity index (χ1v) is 4.86. The number of aliphatic carboxylic acids is 1. The zero-order valence-electron chi connectivity index (χ0n) is 9.31. The Morgan fingerprint density at radius 3 is 2.29 bits per heavy atom. The second-order valence-electron chi connectivity index (χ2n) is 4.49. The fourth-order valence-electron chi connectivity index (χ4n) is 1.84. The highest BCUT2D eigenvalue weighted by molar-refractivity contribution is 6.02.